The van der Waals surface area contributed by atoms with Crippen LogP contribution in [0.1, 0.15) is 32.6 Å². The molecule has 0 aliphatic rings. The molecule has 0 saturated carbocycles. The Morgan fingerprint density at radius 2 is 1.70 bits per heavy atom. The van der Waals surface area contributed by atoms with Gasteiger partial charge in [0.15, 0.2) is 11.5 Å². The molecule has 0 spiro atoms. The van der Waals surface area contributed by atoms with E-state index in [1.165, 1.54) is 0 Å². The number of rotatable bonds is 11. The van der Waals surface area contributed by atoms with Gasteiger partial charge in [0, 0.05) is 6.54 Å². The molecular formula is C32H28N2O6. The van der Waals surface area contributed by atoms with Gasteiger partial charge in [0.1, 0.15) is 12.6 Å². The average Bonchev–Trinajstić information content (AvgIpc) is 2.97. The number of carbonyl (C=O) groups excluding carboxylic acids is 1. The van der Waals surface area contributed by atoms with Crippen LogP contribution in [0, 0.1) is 18.3 Å². The van der Waals surface area contributed by atoms with Crippen molar-refractivity contribution in [1.29, 1.82) is 5.26 Å². The van der Waals surface area contributed by atoms with Crippen molar-refractivity contribution in [3.8, 4) is 28.7 Å². The van der Waals surface area contributed by atoms with Gasteiger partial charge in [0.2, 0.25) is 0 Å². The monoisotopic (exact) mass is 536 g/mol. The van der Waals surface area contributed by atoms with Crippen molar-refractivity contribution in [3.63, 3.8) is 0 Å². The van der Waals surface area contributed by atoms with Gasteiger partial charge in [0.25, 0.3) is 0 Å². The van der Waals surface area contributed by atoms with Gasteiger partial charge in [-0.1, -0.05) is 60.7 Å². The minimum Gasteiger partial charge on any atom is -0.485 e. The van der Waals surface area contributed by atoms with Gasteiger partial charge in [-0.2, -0.15) is 5.26 Å². The standard InChI is InChI=1S/C32H28N2O6/c1-21-26(25-9-3-2-4-10-25)11-6-12-27(21)32(38)40-29-14-13-23(18-34-28(19-35)31(36)37)16-30(29)39-20-24-8-5-7-22(15-24)17-33/h2-16,28,34-35H,18-20H2,1H3,(H,36,37). The first-order chi connectivity index (χ1) is 19.4. The summed E-state index contributed by atoms with van der Waals surface area (Å²) < 4.78 is 11.8. The highest BCUT2D eigenvalue weighted by Crippen LogP contribution is 2.32. The summed E-state index contributed by atoms with van der Waals surface area (Å²) in [6.45, 7) is 1.54. The lowest BCUT2D eigenvalue weighted by atomic mass is 9.96. The van der Waals surface area contributed by atoms with E-state index in [1.807, 2.05) is 49.4 Å². The molecule has 40 heavy (non-hydrogen) atoms. The van der Waals surface area contributed by atoms with E-state index in [-0.39, 0.29) is 24.7 Å². The Balaban J connectivity index is 1.60. The van der Waals surface area contributed by atoms with Gasteiger partial charge in [-0.25, -0.2) is 4.79 Å². The van der Waals surface area contributed by atoms with Crippen LogP contribution in [0.3, 0.4) is 0 Å². The van der Waals surface area contributed by atoms with E-state index in [4.69, 9.17) is 9.47 Å². The molecule has 0 aromatic heterocycles. The molecule has 0 aliphatic carbocycles. The largest absolute Gasteiger partial charge is 0.485 e. The second kappa shape index (κ2) is 13.2. The fourth-order valence-corrected chi connectivity index (χ4v) is 4.16. The van der Waals surface area contributed by atoms with E-state index in [1.54, 1.807) is 48.5 Å². The van der Waals surface area contributed by atoms with Crippen LogP contribution in [0.25, 0.3) is 11.1 Å². The topological polar surface area (TPSA) is 129 Å². The number of esters is 1. The lowest BCUT2D eigenvalue weighted by molar-refractivity contribution is -0.140. The molecule has 1 atom stereocenters. The highest BCUT2D eigenvalue weighted by molar-refractivity contribution is 5.95. The van der Waals surface area contributed by atoms with Gasteiger partial charge in [-0.05, 0) is 65.1 Å². The number of aliphatic hydroxyl groups is 1. The van der Waals surface area contributed by atoms with Crippen LogP contribution >= 0.6 is 0 Å². The highest BCUT2D eigenvalue weighted by Gasteiger charge is 2.19. The quantitative estimate of drug-likeness (QED) is 0.183. The Labute approximate surface area is 232 Å². The first kappa shape index (κ1) is 28.0. The number of hydrogen-bond donors (Lipinski definition) is 3. The van der Waals surface area contributed by atoms with Crippen LogP contribution in [0.4, 0.5) is 0 Å². The molecular weight excluding hydrogens is 508 g/mol. The predicted molar refractivity (Wildman–Crippen MR) is 149 cm³/mol. The molecule has 8 heteroatoms. The van der Waals surface area contributed by atoms with E-state index in [0.717, 1.165) is 22.3 Å². The molecule has 202 valence electrons. The van der Waals surface area contributed by atoms with Crippen LogP contribution in [0.15, 0.2) is 91.0 Å². The zero-order valence-electron chi connectivity index (χ0n) is 21.8. The number of nitrogens with zero attached hydrogens (tertiary/aromatic N) is 1. The minimum atomic E-state index is -1.17. The van der Waals surface area contributed by atoms with Crippen LogP contribution in [0.2, 0.25) is 0 Å². The molecule has 4 rings (SSSR count). The maximum Gasteiger partial charge on any atom is 0.343 e. The zero-order valence-corrected chi connectivity index (χ0v) is 21.8. The molecule has 4 aromatic rings. The Bertz CT molecular complexity index is 1550. The molecule has 8 nitrogen and oxygen atoms in total. The number of aliphatic hydroxyl groups excluding tert-OH is 1. The molecule has 1 unspecified atom stereocenters. The maximum atomic E-state index is 13.3. The van der Waals surface area contributed by atoms with E-state index in [0.29, 0.717) is 16.7 Å². The van der Waals surface area contributed by atoms with Crippen molar-refractivity contribution >= 4 is 11.9 Å². The predicted octanol–water partition coefficient (Wildman–Crippen LogP) is 4.87. The number of nitriles is 1. The smallest absolute Gasteiger partial charge is 0.343 e. The van der Waals surface area contributed by atoms with Crippen molar-refractivity contribution in [3.05, 3.63) is 119 Å². The first-order valence-electron chi connectivity index (χ1n) is 12.6. The second-order valence-electron chi connectivity index (χ2n) is 9.07. The summed E-state index contributed by atoms with van der Waals surface area (Å²) in [7, 11) is 0. The number of benzene rings is 4. The normalized spacial score (nSPS) is 11.3. The number of ether oxygens (including phenoxy) is 2. The van der Waals surface area contributed by atoms with Gasteiger partial charge >= 0.3 is 11.9 Å². The molecule has 3 N–H and O–H groups in total. The lowest BCUT2D eigenvalue weighted by Gasteiger charge is -2.16. The molecule has 0 fully saturated rings. The fraction of sp³-hybridized carbons (Fsp3) is 0.156. The maximum absolute atomic E-state index is 13.3. The number of carboxylic acid groups (broad SMARTS) is 1. The number of nitrogens with one attached hydrogen (secondary N) is 1. The van der Waals surface area contributed by atoms with E-state index in [2.05, 4.69) is 11.4 Å². The highest BCUT2D eigenvalue weighted by atomic mass is 16.6. The van der Waals surface area contributed by atoms with Crippen molar-refractivity contribution in [2.24, 2.45) is 0 Å². The summed E-state index contributed by atoms with van der Waals surface area (Å²) in [6.07, 6.45) is 0. The number of carbonyl (C=O) groups is 2. The Morgan fingerprint density at radius 1 is 0.925 bits per heavy atom. The van der Waals surface area contributed by atoms with Crippen molar-refractivity contribution in [2.75, 3.05) is 6.61 Å². The summed E-state index contributed by atoms with van der Waals surface area (Å²) in [6, 6.07) is 28.0. The zero-order chi connectivity index (χ0) is 28.5. The Kier molecular flexibility index (Phi) is 9.26. The third-order valence-electron chi connectivity index (χ3n) is 6.33. The van der Waals surface area contributed by atoms with Crippen molar-refractivity contribution < 1.29 is 29.3 Å². The summed E-state index contributed by atoms with van der Waals surface area (Å²) in [5.74, 6) is -1.27. The summed E-state index contributed by atoms with van der Waals surface area (Å²) in [5.41, 5.74) is 4.98. The minimum absolute atomic E-state index is 0.105. The molecule has 0 amide bonds. The second-order valence-corrected chi connectivity index (χ2v) is 9.07. The number of aliphatic carboxylic acids is 1. The average molecular weight is 537 g/mol. The Morgan fingerprint density at radius 3 is 2.42 bits per heavy atom. The van der Waals surface area contributed by atoms with Crippen LogP contribution in [0.5, 0.6) is 11.5 Å². The van der Waals surface area contributed by atoms with Crippen LogP contribution < -0.4 is 14.8 Å². The van der Waals surface area contributed by atoms with Gasteiger partial charge in [-0.3, -0.25) is 10.1 Å². The SMILES string of the molecule is Cc1c(C(=O)Oc2ccc(CNC(CO)C(=O)O)cc2OCc2cccc(C#N)c2)cccc1-c1ccccc1. The summed E-state index contributed by atoms with van der Waals surface area (Å²) in [4.78, 5) is 24.6. The fourth-order valence-electron chi connectivity index (χ4n) is 4.16. The van der Waals surface area contributed by atoms with Gasteiger partial charge in [-0.15, -0.1) is 0 Å². The third kappa shape index (κ3) is 6.91. The van der Waals surface area contributed by atoms with E-state index in [9.17, 15) is 25.1 Å². The van der Waals surface area contributed by atoms with Crippen LogP contribution in [-0.4, -0.2) is 34.8 Å². The molecule has 0 radical (unpaired) electrons. The first-order valence-corrected chi connectivity index (χ1v) is 12.6. The van der Waals surface area contributed by atoms with Crippen LogP contribution in [-0.2, 0) is 17.9 Å². The molecule has 0 saturated heterocycles. The molecule has 0 bridgehead atoms. The van der Waals surface area contributed by atoms with E-state index >= 15 is 0 Å². The number of hydrogen-bond acceptors (Lipinski definition) is 7. The molecule has 0 aliphatic heterocycles. The van der Waals surface area contributed by atoms with Gasteiger partial charge < -0.3 is 19.7 Å². The Hall–Kier alpha value is -4.97. The molecule has 4 aromatic carbocycles. The van der Waals surface area contributed by atoms with Crippen molar-refractivity contribution in [2.45, 2.75) is 26.1 Å². The number of carboxylic acids is 1. The van der Waals surface area contributed by atoms with Crippen molar-refractivity contribution in [1.82, 2.24) is 5.32 Å². The molecule has 0 heterocycles. The summed E-state index contributed by atoms with van der Waals surface area (Å²) >= 11 is 0. The lowest BCUT2D eigenvalue weighted by Crippen LogP contribution is -2.39. The summed E-state index contributed by atoms with van der Waals surface area (Å²) in [5, 5.41) is 30.5. The van der Waals surface area contributed by atoms with E-state index < -0.39 is 24.6 Å². The van der Waals surface area contributed by atoms with Gasteiger partial charge in [0.05, 0.1) is 23.8 Å². The third-order valence-corrected chi connectivity index (χ3v) is 6.33.